The second-order valence-corrected chi connectivity index (χ2v) is 5.83. The quantitative estimate of drug-likeness (QED) is 0.373. The van der Waals surface area contributed by atoms with Gasteiger partial charge >= 0.3 is 5.97 Å². The first kappa shape index (κ1) is 20.9. The van der Waals surface area contributed by atoms with Crippen LogP contribution >= 0.6 is 0 Å². The largest absolute Gasteiger partial charge is 0.482 e. The zero-order valence-corrected chi connectivity index (χ0v) is 15.7. The molecule has 0 radical (unpaired) electrons. The van der Waals surface area contributed by atoms with Crippen LogP contribution in [0.15, 0.2) is 54.6 Å². The average Bonchev–Trinajstić information content (AvgIpc) is 2.72. The molecule has 148 valence electrons. The molecule has 2 aromatic carbocycles. The van der Waals surface area contributed by atoms with E-state index in [0.29, 0.717) is 18.7 Å². The van der Waals surface area contributed by atoms with Crippen molar-refractivity contribution in [2.75, 3.05) is 19.7 Å². The summed E-state index contributed by atoms with van der Waals surface area (Å²) >= 11 is 0. The van der Waals surface area contributed by atoms with Crippen molar-refractivity contribution in [1.29, 1.82) is 0 Å². The van der Waals surface area contributed by atoms with Crippen LogP contribution in [0.2, 0.25) is 0 Å². The van der Waals surface area contributed by atoms with Crippen molar-refractivity contribution >= 4 is 17.6 Å². The van der Waals surface area contributed by atoms with E-state index < -0.39 is 23.6 Å². The Morgan fingerprint density at radius 2 is 1.64 bits per heavy atom. The van der Waals surface area contributed by atoms with Crippen molar-refractivity contribution in [3.8, 4) is 5.75 Å². The first-order valence-electron chi connectivity index (χ1n) is 8.86. The Kier molecular flexibility index (Phi) is 7.50. The maximum atomic E-state index is 12.8. The number of nitrogens with zero attached hydrogens (tertiary/aromatic N) is 2. The highest BCUT2D eigenvalue weighted by molar-refractivity contribution is 5.85. The molecule has 8 heteroatoms. The highest BCUT2D eigenvalue weighted by atomic mass is 16.6. The van der Waals surface area contributed by atoms with Crippen molar-refractivity contribution < 1.29 is 24.0 Å². The van der Waals surface area contributed by atoms with E-state index in [1.807, 2.05) is 19.9 Å². The van der Waals surface area contributed by atoms with E-state index in [9.17, 15) is 19.7 Å². The number of nitro benzene ring substituents is 1. The van der Waals surface area contributed by atoms with Gasteiger partial charge in [0.15, 0.2) is 6.61 Å². The van der Waals surface area contributed by atoms with Crippen LogP contribution in [0.3, 0.4) is 0 Å². The third-order valence-corrected chi connectivity index (χ3v) is 4.06. The Morgan fingerprint density at radius 3 is 2.18 bits per heavy atom. The molecule has 2 aromatic rings. The molecule has 0 aromatic heterocycles. The number of amides is 1. The molecular weight excluding hydrogens is 364 g/mol. The minimum atomic E-state index is -1.06. The minimum absolute atomic E-state index is 0.0797. The van der Waals surface area contributed by atoms with Gasteiger partial charge in [0.1, 0.15) is 5.75 Å². The molecule has 0 aliphatic heterocycles. The first-order valence-corrected chi connectivity index (χ1v) is 8.86. The zero-order valence-electron chi connectivity index (χ0n) is 15.7. The van der Waals surface area contributed by atoms with Crippen LogP contribution in [-0.4, -0.2) is 41.4 Å². The molecule has 0 fully saturated rings. The summed E-state index contributed by atoms with van der Waals surface area (Å²) in [6.07, 6.45) is -1.06. The maximum absolute atomic E-state index is 12.8. The van der Waals surface area contributed by atoms with Crippen LogP contribution in [-0.2, 0) is 14.3 Å². The summed E-state index contributed by atoms with van der Waals surface area (Å²) in [6.45, 7) is 4.27. The van der Waals surface area contributed by atoms with Crippen molar-refractivity contribution in [2.24, 2.45) is 0 Å². The SMILES string of the molecule is CCN(CC)C(=O)[C@H](OC(=O)COc1ccc([N+](=O)[O-])cc1)c1ccccc1. The van der Waals surface area contributed by atoms with Crippen molar-refractivity contribution in [1.82, 2.24) is 4.90 Å². The van der Waals surface area contributed by atoms with Crippen LogP contribution in [0.25, 0.3) is 0 Å². The number of likely N-dealkylation sites (N-methyl/N-ethyl adjacent to an activating group) is 1. The molecule has 28 heavy (non-hydrogen) atoms. The topological polar surface area (TPSA) is 99.0 Å². The summed E-state index contributed by atoms with van der Waals surface area (Å²) in [7, 11) is 0. The fraction of sp³-hybridized carbons (Fsp3) is 0.300. The molecule has 0 unspecified atom stereocenters. The summed E-state index contributed by atoms with van der Waals surface area (Å²) in [5, 5.41) is 10.7. The molecule has 0 saturated carbocycles. The molecule has 2 rings (SSSR count). The van der Waals surface area contributed by atoms with Gasteiger partial charge in [0.05, 0.1) is 4.92 Å². The van der Waals surface area contributed by atoms with Crippen LogP contribution in [0.5, 0.6) is 5.75 Å². The zero-order chi connectivity index (χ0) is 20.5. The molecular formula is C20H22N2O6. The summed E-state index contributed by atoms with van der Waals surface area (Å²) in [5.41, 5.74) is 0.493. The third-order valence-electron chi connectivity index (χ3n) is 4.06. The van der Waals surface area contributed by atoms with E-state index in [4.69, 9.17) is 9.47 Å². The van der Waals surface area contributed by atoms with Gasteiger partial charge in [-0.2, -0.15) is 0 Å². The highest BCUT2D eigenvalue weighted by Gasteiger charge is 2.28. The van der Waals surface area contributed by atoms with E-state index in [1.165, 1.54) is 24.3 Å². The van der Waals surface area contributed by atoms with E-state index in [-0.39, 0.29) is 17.3 Å². The lowest BCUT2D eigenvalue weighted by molar-refractivity contribution is -0.384. The number of nitro groups is 1. The monoisotopic (exact) mass is 386 g/mol. The molecule has 1 atom stereocenters. The fourth-order valence-electron chi connectivity index (χ4n) is 2.56. The van der Waals surface area contributed by atoms with Crippen LogP contribution < -0.4 is 4.74 Å². The number of hydrogen-bond donors (Lipinski definition) is 0. The second-order valence-electron chi connectivity index (χ2n) is 5.83. The standard InChI is InChI=1S/C20H22N2O6/c1-3-21(4-2)20(24)19(15-8-6-5-7-9-15)28-18(23)14-27-17-12-10-16(11-13-17)22(25)26/h5-13,19H,3-4,14H2,1-2H3/t19-/m1/s1. The molecule has 8 nitrogen and oxygen atoms in total. The lowest BCUT2D eigenvalue weighted by atomic mass is 10.1. The number of rotatable bonds is 9. The maximum Gasteiger partial charge on any atom is 0.345 e. The fourth-order valence-corrected chi connectivity index (χ4v) is 2.56. The molecule has 0 bridgehead atoms. The third kappa shape index (κ3) is 5.54. The van der Waals surface area contributed by atoms with Crippen LogP contribution in [0.1, 0.15) is 25.5 Å². The summed E-state index contributed by atoms with van der Waals surface area (Å²) in [4.78, 5) is 36.7. The van der Waals surface area contributed by atoms with Gasteiger partial charge in [0, 0.05) is 30.8 Å². The van der Waals surface area contributed by atoms with E-state index in [2.05, 4.69) is 0 Å². The molecule has 0 heterocycles. The highest BCUT2D eigenvalue weighted by Crippen LogP contribution is 2.21. The number of ether oxygens (including phenoxy) is 2. The van der Waals surface area contributed by atoms with Crippen molar-refractivity contribution in [2.45, 2.75) is 20.0 Å². The van der Waals surface area contributed by atoms with E-state index in [1.54, 1.807) is 29.2 Å². The minimum Gasteiger partial charge on any atom is -0.482 e. The second kappa shape index (κ2) is 10.1. The molecule has 0 spiro atoms. The number of hydrogen-bond acceptors (Lipinski definition) is 6. The van der Waals surface area contributed by atoms with Gasteiger partial charge in [0.25, 0.3) is 11.6 Å². The van der Waals surface area contributed by atoms with Crippen molar-refractivity contribution in [3.63, 3.8) is 0 Å². The predicted molar refractivity (Wildman–Crippen MR) is 102 cm³/mol. The van der Waals surface area contributed by atoms with Gasteiger partial charge in [-0.3, -0.25) is 14.9 Å². The Bertz CT molecular complexity index is 803. The average molecular weight is 386 g/mol. The number of esters is 1. The Balaban J connectivity index is 2.05. The molecule has 0 N–H and O–H groups in total. The van der Waals surface area contributed by atoms with Gasteiger partial charge in [-0.15, -0.1) is 0 Å². The number of benzene rings is 2. The summed E-state index contributed by atoms with van der Waals surface area (Å²) in [6, 6.07) is 14.1. The van der Waals surface area contributed by atoms with Gasteiger partial charge in [-0.25, -0.2) is 4.79 Å². The van der Waals surface area contributed by atoms with Gasteiger partial charge in [0.2, 0.25) is 6.10 Å². The Morgan fingerprint density at radius 1 is 1.04 bits per heavy atom. The Hall–Kier alpha value is -3.42. The van der Waals surface area contributed by atoms with E-state index >= 15 is 0 Å². The van der Waals surface area contributed by atoms with Gasteiger partial charge in [-0.1, -0.05) is 30.3 Å². The number of carbonyl (C=O) groups excluding carboxylic acids is 2. The normalized spacial score (nSPS) is 11.4. The predicted octanol–water partition coefficient (Wildman–Crippen LogP) is 3.13. The summed E-state index contributed by atoms with van der Waals surface area (Å²) in [5.74, 6) is -0.735. The summed E-state index contributed by atoms with van der Waals surface area (Å²) < 4.78 is 10.7. The van der Waals surface area contributed by atoms with Gasteiger partial charge < -0.3 is 14.4 Å². The lowest BCUT2D eigenvalue weighted by Crippen LogP contribution is -2.37. The number of carbonyl (C=O) groups is 2. The lowest BCUT2D eigenvalue weighted by Gasteiger charge is -2.25. The van der Waals surface area contributed by atoms with Crippen molar-refractivity contribution in [3.05, 3.63) is 70.3 Å². The number of non-ortho nitro benzene ring substituents is 1. The smallest absolute Gasteiger partial charge is 0.345 e. The molecule has 1 amide bonds. The molecule has 0 saturated heterocycles. The Labute approximate surface area is 162 Å². The van der Waals surface area contributed by atoms with E-state index in [0.717, 1.165) is 0 Å². The van der Waals surface area contributed by atoms with Crippen LogP contribution in [0, 0.1) is 10.1 Å². The molecule has 0 aliphatic rings. The molecule has 0 aliphatic carbocycles. The van der Waals surface area contributed by atoms with Gasteiger partial charge in [-0.05, 0) is 26.0 Å². The van der Waals surface area contributed by atoms with Crippen LogP contribution in [0.4, 0.5) is 5.69 Å². The first-order chi connectivity index (χ1) is 13.5.